The van der Waals surface area contributed by atoms with Crippen molar-refractivity contribution in [3.63, 3.8) is 0 Å². The van der Waals surface area contributed by atoms with Crippen LogP contribution in [0, 0.1) is 0 Å². The van der Waals surface area contributed by atoms with Crippen LogP contribution in [-0.2, 0) is 4.79 Å². The zero-order valence-electron chi connectivity index (χ0n) is 13.9. The highest BCUT2D eigenvalue weighted by Gasteiger charge is 2.29. The lowest BCUT2D eigenvalue weighted by Gasteiger charge is -2.37. The molecule has 0 bridgehead atoms. The smallest absolute Gasteiger partial charge is 0.279 e. The van der Waals surface area contributed by atoms with Gasteiger partial charge in [0.05, 0.1) is 0 Å². The van der Waals surface area contributed by atoms with E-state index in [0.29, 0.717) is 5.75 Å². The summed E-state index contributed by atoms with van der Waals surface area (Å²) in [5.41, 5.74) is 1.27. The van der Waals surface area contributed by atoms with Gasteiger partial charge in [0.2, 0.25) is 5.91 Å². The van der Waals surface area contributed by atoms with E-state index in [4.69, 9.17) is 0 Å². The molecule has 2 saturated heterocycles. The summed E-state index contributed by atoms with van der Waals surface area (Å²) in [6.07, 6.45) is 0. The first-order valence-corrected chi connectivity index (χ1v) is 9.36. The van der Waals surface area contributed by atoms with Crippen molar-refractivity contribution in [1.82, 2.24) is 15.5 Å². The van der Waals surface area contributed by atoms with Crippen LogP contribution in [0.3, 0.4) is 0 Å². The molecule has 7 heteroatoms. The lowest BCUT2D eigenvalue weighted by molar-refractivity contribution is -0.123. The van der Waals surface area contributed by atoms with Gasteiger partial charge in [-0.05, 0) is 19.1 Å². The molecular formula is C17H24N4O2S. The molecule has 0 spiro atoms. The Morgan fingerprint density at radius 2 is 2.00 bits per heavy atom. The van der Waals surface area contributed by atoms with Gasteiger partial charge in [0.25, 0.3) is 5.24 Å². The molecule has 3 rings (SSSR count). The van der Waals surface area contributed by atoms with Gasteiger partial charge in [0.15, 0.2) is 0 Å². The van der Waals surface area contributed by atoms with Crippen LogP contribution in [0.1, 0.15) is 6.92 Å². The van der Waals surface area contributed by atoms with Gasteiger partial charge in [-0.25, -0.2) is 0 Å². The number of piperazine rings is 1. The van der Waals surface area contributed by atoms with Crippen molar-refractivity contribution >= 4 is 28.6 Å². The van der Waals surface area contributed by atoms with E-state index in [1.54, 1.807) is 0 Å². The third-order valence-electron chi connectivity index (χ3n) is 4.40. The zero-order valence-corrected chi connectivity index (χ0v) is 14.7. The van der Waals surface area contributed by atoms with Crippen molar-refractivity contribution in [2.75, 3.05) is 43.4 Å². The molecule has 2 atom stereocenters. The van der Waals surface area contributed by atoms with E-state index >= 15 is 0 Å². The molecular weight excluding hydrogens is 324 g/mol. The molecule has 2 aliphatic heterocycles. The Morgan fingerprint density at radius 3 is 2.62 bits per heavy atom. The first kappa shape index (κ1) is 17.1. The highest BCUT2D eigenvalue weighted by Crippen LogP contribution is 2.16. The molecule has 2 amide bonds. The van der Waals surface area contributed by atoms with Gasteiger partial charge in [-0.15, -0.1) is 0 Å². The van der Waals surface area contributed by atoms with Gasteiger partial charge < -0.3 is 15.5 Å². The second-order valence-electron chi connectivity index (χ2n) is 6.33. The van der Waals surface area contributed by atoms with E-state index in [0.717, 1.165) is 32.7 Å². The number of nitrogens with one attached hydrogen (secondary N) is 2. The fraction of sp³-hybridized carbons (Fsp3) is 0.529. The van der Waals surface area contributed by atoms with Gasteiger partial charge in [0.1, 0.15) is 6.04 Å². The molecule has 2 N–H and O–H groups in total. The Kier molecular flexibility index (Phi) is 5.63. The van der Waals surface area contributed by atoms with E-state index in [1.807, 2.05) is 13.0 Å². The summed E-state index contributed by atoms with van der Waals surface area (Å²) >= 11 is 1.17. The Labute approximate surface area is 146 Å². The van der Waals surface area contributed by atoms with Crippen LogP contribution < -0.4 is 15.5 Å². The fourth-order valence-electron chi connectivity index (χ4n) is 3.13. The summed E-state index contributed by atoms with van der Waals surface area (Å²) in [7, 11) is 0. The van der Waals surface area contributed by atoms with Gasteiger partial charge in [-0.1, -0.05) is 30.0 Å². The zero-order chi connectivity index (χ0) is 16.9. The molecule has 0 aliphatic carbocycles. The molecule has 6 nitrogen and oxygen atoms in total. The molecule has 0 saturated carbocycles. The third-order valence-corrected chi connectivity index (χ3v) is 5.28. The topological polar surface area (TPSA) is 64.7 Å². The van der Waals surface area contributed by atoms with E-state index < -0.39 is 0 Å². The molecule has 24 heavy (non-hydrogen) atoms. The van der Waals surface area contributed by atoms with Crippen molar-refractivity contribution < 1.29 is 9.59 Å². The summed E-state index contributed by atoms with van der Waals surface area (Å²) in [6, 6.07) is 10.1. The number of thioether (sulfide) groups is 1. The van der Waals surface area contributed by atoms with Crippen molar-refractivity contribution in [1.29, 1.82) is 0 Å². The largest absolute Gasteiger partial charge is 0.369 e. The number of para-hydroxylation sites is 1. The lowest BCUT2D eigenvalue weighted by atomic mass is 10.2. The van der Waals surface area contributed by atoms with Crippen molar-refractivity contribution in [2.24, 2.45) is 0 Å². The minimum absolute atomic E-state index is 0.0725. The van der Waals surface area contributed by atoms with Crippen molar-refractivity contribution in [3.05, 3.63) is 30.3 Å². The summed E-state index contributed by atoms with van der Waals surface area (Å²) in [5, 5.41) is 5.58. The van der Waals surface area contributed by atoms with Crippen LogP contribution in [0.25, 0.3) is 0 Å². The number of carbonyl (C=O) groups excluding carboxylic acids is 2. The van der Waals surface area contributed by atoms with E-state index in [-0.39, 0.29) is 23.2 Å². The molecule has 0 radical (unpaired) electrons. The number of rotatable bonds is 5. The molecule has 2 aliphatic rings. The molecule has 2 fully saturated rings. The first-order valence-electron chi connectivity index (χ1n) is 8.38. The second-order valence-corrected chi connectivity index (χ2v) is 7.32. The molecule has 1 aromatic rings. The number of nitrogens with zero attached hydrogens (tertiary/aromatic N) is 2. The standard InChI is InChI=1S/C17H24N4O2S/c1-13(18-16(22)15-12-24-17(23)19-15)11-20-7-9-21(10-8-20)14-5-3-2-4-6-14/h2-6,13,15H,7-12H2,1H3,(H,18,22)(H,19,23)/t13-,15-/m0/s1. The average Bonchev–Trinajstić information content (AvgIpc) is 3.03. The monoisotopic (exact) mass is 348 g/mol. The van der Waals surface area contributed by atoms with Crippen LogP contribution in [0.15, 0.2) is 30.3 Å². The van der Waals surface area contributed by atoms with Crippen LogP contribution in [0.5, 0.6) is 0 Å². The Bertz CT molecular complexity index is 575. The van der Waals surface area contributed by atoms with Crippen LogP contribution in [-0.4, -0.2) is 66.6 Å². The normalized spacial score (nSPS) is 23.0. The van der Waals surface area contributed by atoms with Crippen LogP contribution in [0.4, 0.5) is 10.5 Å². The highest BCUT2D eigenvalue weighted by molar-refractivity contribution is 8.14. The maximum Gasteiger partial charge on any atom is 0.279 e. The van der Waals surface area contributed by atoms with E-state index in [9.17, 15) is 9.59 Å². The van der Waals surface area contributed by atoms with Gasteiger partial charge in [-0.3, -0.25) is 14.5 Å². The van der Waals surface area contributed by atoms with Gasteiger partial charge in [0, 0.05) is 50.2 Å². The maximum atomic E-state index is 12.1. The number of benzene rings is 1. The van der Waals surface area contributed by atoms with Crippen molar-refractivity contribution in [2.45, 2.75) is 19.0 Å². The van der Waals surface area contributed by atoms with Gasteiger partial charge >= 0.3 is 0 Å². The van der Waals surface area contributed by atoms with E-state index in [2.05, 4.69) is 44.7 Å². The van der Waals surface area contributed by atoms with Crippen molar-refractivity contribution in [3.8, 4) is 0 Å². The minimum Gasteiger partial charge on any atom is -0.369 e. The molecule has 0 aromatic heterocycles. The SMILES string of the molecule is C[C@@H](CN1CCN(c2ccccc2)CC1)NC(=O)[C@@H]1CSC(=O)N1. The minimum atomic E-state index is -0.389. The number of hydrogen-bond donors (Lipinski definition) is 2. The maximum absolute atomic E-state index is 12.1. The molecule has 130 valence electrons. The Morgan fingerprint density at radius 1 is 1.29 bits per heavy atom. The molecule has 0 unspecified atom stereocenters. The fourth-order valence-corrected chi connectivity index (χ4v) is 3.91. The number of carbonyl (C=O) groups is 2. The number of amides is 2. The van der Waals surface area contributed by atoms with Crippen LogP contribution in [0.2, 0.25) is 0 Å². The molecule has 2 heterocycles. The first-order chi connectivity index (χ1) is 11.6. The Hall–Kier alpha value is -1.73. The Balaban J connectivity index is 1.41. The van der Waals surface area contributed by atoms with E-state index in [1.165, 1.54) is 17.4 Å². The highest BCUT2D eigenvalue weighted by atomic mass is 32.2. The quantitative estimate of drug-likeness (QED) is 0.835. The van der Waals surface area contributed by atoms with Gasteiger partial charge in [-0.2, -0.15) is 0 Å². The summed E-state index contributed by atoms with van der Waals surface area (Å²) < 4.78 is 0. The average molecular weight is 348 g/mol. The number of hydrogen-bond acceptors (Lipinski definition) is 5. The lowest BCUT2D eigenvalue weighted by Crippen LogP contribution is -2.53. The summed E-state index contributed by atoms with van der Waals surface area (Å²) in [4.78, 5) is 28.1. The van der Waals surface area contributed by atoms with Crippen LogP contribution >= 0.6 is 11.8 Å². The third kappa shape index (κ3) is 4.42. The predicted molar refractivity (Wildman–Crippen MR) is 97.5 cm³/mol. The molecule has 1 aromatic carbocycles. The summed E-state index contributed by atoms with van der Waals surface area (Å²) in [5.74, 6) is 0.441. The summed E-state index contributed by atoms with van der Waals surface area (Å²) in [6.45, 7) is 6.84. The predicted octanol–water partition coefficient (Wildman–Crippen LogP) is 1.14. The number of anilines is 1. The second kappa shape index (κ2) is 7.90.